The number of aliphatic hydroxyl groups is 1. The largest absolute Gasteiger partial charge is 0.472 e. The van der Waals surface area contributed by atoms with E-state index in [2.05, 4.69) is 29.8 Å². The van der Waals surface area contributed by atoms with E-state index in [9.17, 15) is 10.1 Å². The Balaban J connectivity index is 2.03. The molecular formula is C15H29BBrNO3. The van der Waals surface area contributed by atoms with E-state index in [4.69, 9.17) is 10.4 Å². The molecule has 3 rings (SSSR count). The van der Waals surface area contributed by atoms with Crippen LogP contribution in [0.1, 0.15) is 59.3 Å². The van der Waals surface area contributed by atoms with Gasteiger partial charge in [-0.2, -0.15) is 0 Å². The van der Waals surface area contributed by atoms with Crippen LogP contribution in [0.15, 0.2) is 0 Å². The van der Waals surface area contributed by atoms with Crippen molar-refractivity contribution in [1.29, 1.82) is 0 Å². The Bertz CT molecular complexity index is 370. The smallest absolute Gasteiger partial charge is 0.426 e. The van der Waals surface area contributed by atoms with Crippen LogP contribution in [0.4, 0.5) is 0 Å². The summed E-state index contributed by atoms with van der Waals surface area (Å²) in [5, 5.41) is 22.1. The molecule has 0 aromatic rings. The molecule has 4 atom stereocenters. The molecule has 0 aromatic heterocycles. The van der Waals surface area contributed by atoms with Gasteiger partial charge < -0.3 is 20.5 Å². The third-order valence-corrected chi connectivity index (χ3v) is 6.61. The fraction of sp³-hybridized carbons (Fsp3) is 1.00. The van der Waals surface area contributed by atoms with Gasteiger partial charge in [-0.25, -0.2) is 0 Å². The van der Waals surface area contributed by atoms with Crippen LogP contribution in [0.25, 0.3) is 0 Å². The molecule has 6 heteroatoms. The van der Waals surface area contributed by atoms with E-state index in [1.807, 2.05) is 6.92 Å². The molecule has 0 amide bonds. The second-order valence-electron chi connectivity index (χ2n) is 7.62. The van der Waals surface area contributed by atoms with Crippen molar-refractivity contribution in [3.05, 3.63) is 0 Å². The van der Waals surface area contributed by atoms with Gasteiger partial charge in [-0.15, -0.1) is 0 Å². The number of hydrogen-bond acceptors (Lipinski definition) is 4. The van der Waals surface area contributed by atoms with Gasteiger partial charge in [0.05, 0.1) is 11.2 Å². The molecule has 0 aromatic carbocycles. The maximum atomic E-state index is 10.8. The number of alkyl halides is 1. The minimum atomic E-state index is -1.01. The van der Waals surface area contributed by atoms with Crippen LogP contribution in [0.2, 0.25) is 0 Å². The highest BCUT2D eigenvalue weighted by Crippen LogP contribution is 2.67. The maximum absolute atomic E-state index is 10.8. The molecular weight excluding hydrogens is 333 g/mol. The minimum absolute atomic E-state index is 0.120. The van der Waals surface area contributed by atoms with Gasteiger partial charge in [-0.1, -0.05) is 36.2 Å². The highest BCUT2D eigenvalue weighted by Gasteiger charge is 2.71. The minimum Gasteiger partial charge on any atom is -0.426 e. The quantitative estimate of drug-likeness (QED) is 0.369. The van der Waals surface area contributed by atoms with E-state index < -0.39 is 24.3 Å². The molecule has 3 aliphatic carbocycles. The van der Waals surface area contributed by atoms with Crippen LogP contribution in [0, 0.1) is 11.3 Å². The molecule has 21 heavy (non-hydrogen) atoms. The second-order valence-corrected chi connectivity index (χ2v) is 8.41. The fourth-order valence-electron chi connectivity index (χ4n) is 4.34. The summed E-state index contributed by atoms with van der Waals surface area (Å²) in [5.74, 6) is 0.167. The summed E-state index contributed by atoms with van der Waals surface area (Å²) in [6.07, 6.45) is 5.30. The third kappa shape index (κ3) is 2.83. The molecule has 4 nitrogen and oxygen atoms in total. The van der Waals surface area contributed by atoms with Crippen LogP contribution in [0.5, 0.6) is 0 Å². The SMILES string of the molecule is CC1(O)CCC2CC1(OB(O)C(N)CCCCBr)C2(C)C. The lowest BCUT2D eigenvalue weighted by Crippen LogP contribution is -2.77. The molecule has 122 valence electrons. The van der Waals surface area contributed by atoms with E-state index >= 15 is 0 Å². The second kappa shape index (κ2) is 6.12. The van der Waals surface area contributed by atoms with Crippen molar-refractivity contribution in [2.75, 3.05) is 5.33 Å². The first-order chi connectivity index (χ1) is 9.68. The number of rotatable bonds is 7. The molecule has 0 aliphatic heterocycles. The predicted molar refractivity (Wildman–Crippen MR) is 89.2 cm³/mol. The third-order valence-electron chi connectivity index (χ3n) is 6.05. The Morgan fingerprint density at radius 3 is 2.57 bits per heavy atom. The monoisotopic (exact) mass is 361 g/mol. The van der Waals surface area contributed by atoms with Gasteiger partial charge in [0.15, 0.2) is 0 Å². The molecule has 4 unspecified atom stereocenters. The standard InChI is InChI=1S/C15H29BBrNO3/c1-13(2)11-7-8-14(3,19)15(13,10-11)21-16(20)12(18)6-4-5-9-17/h11-12,19-20H,4-10,18H2,1-3H3. The summed E-state index contributed by atoms with van der Waals surface area (Å²) in [6, 6.07) is 0. The Hall–Kier alpha value is 0.385. The highest BCUT2D eigenvalue weighted by molar-refractivity contribution is 9.09. The topological polar surface area (TPSA) is 75.7 Å². The molecule has 3 saturated carbocycles. The fourth-order valence-corrected chi connectivity index (χ4v) is 4.73. The van der Waals surface area contributed by atoms with Crippen LogP contribution in [-0.2, 0) is 4.65 Å². The summed E-state index contributed by atoms with van der Waals surface area (Å²) in [6.45, 7) is 6.11. The van der Waals surface area contributed by atoms with Gasteiger partial charge in [-0.05, 0) is 50.4 Å². The highest BCUT2D eigenvalue weighted by atomic mass is 79.9. The van der Waals surface area contributed by atoms with Crippen molar-refractivity contribution >= 4 is 23.0 Å². The number of halogens is 1. The Morgan fingerprint density at radius 1 is 1.38 bits per heavy atom. The van der Waals surface area contributed by atoms with Crippen LogP contribution >= 0.6 is 15.9 Å². The summed E-state index contributed by atoms with van der Waals surface area (Å²) < 4.78 is 6.04. The van der Waals surface area contributed by atoms with Gasteiger partial charge in [0.2, 0.25) is 0 Å². The number of unbranched alkanes of at least 4 members (excludes halogenated alkanes) is 1. The van der Waals surface area contributed by atoms with E-state index in [0.29, 0.717) is 5.92 Å². The zero-order chi connectivity index (χ0) is 15.9. The van der Waals surface area contributed by atoms with Gasteiger partial charge in [0, 0.05) is 11.3 Å². The van der Waals surface area contributed by atoms with Crippen molar-refractivity contribution < 1.29 is 14.8 Å². The van der Waals surface area contributed by atoms with Crippen LogP contribution < -0.4 is 5.73 Å². The van der Waals surface area contributed by atoms with E-state index in [0.717, 1.165) is 43.9 Å². The zero-order valence-corrected chi connectivity index (χ0v) is 15.0. The van der Waals surface area contributed by atoms with E-state index in [1.165, 1.54) is 0 Å². The average Bonchev–Trinajstić information content (AvgIpc) is 2.40. The lowest BCUT2D eigenvalue weighted by atomic mass is 9.40. The first-order valence-corrected chi connectivity index (χ1v) is 9.20. The van der Waals surface area contributed by atoms with Crippen LogP contribution in [-0.4, -0.2) is 39.7 Å². The molecule has 2 bridgehead atoms. The molecule has 3 aliphatic rings. The van der Waals surface area contributed by atoms with E-state index in [-0.39, 0.29) is 5.41 Å². The lowest BCUT2D eigenvalue weighted by molar-refractivity contribution is -0.305. The molecule has 0 heterocycles. The zero-order valence-electron chi connectivity index (χ0n) is 13.4. The summed E-state index contributed by atoms with van der Waals surface area (Å²) in [5.41, 5.74) is 4.36. The molecule has 0 radical (unpaired) electrons. The average molecular weight is 362 g/mol. The van der Waals surface area contributed by atoms with E-state index in [1.54, 1.807) is 0 Å². The normalized spacial score (nSPS) is 38.7. The van der Waals surface area contributed by atoms with Crippen LogP contribution in [0.3, 0.4) is 0 Å². The first kappa shape index (κ1) is 17.7. The predicted octanol–water partition coefficient (Wildman–Crippen LogP) is 2.24. The van der Waals surface area contributed by atoms with Crippen molar-refractivity contribution in [3.8, 4) is 0 Å². The van der Waals surface area contributed by atoms with Gasteiger partial charge in [0.1, 0.15) is 0 Å². The summed E-state index contributed by atoms with van der Waals surface area (Å²) in [7, 11) is -1.01. The Labute approximate surface area is 137 Å². The molecule has 4 N–H and O–H groups in total. The van der Waals surface area contributed by atoms with Gasteiger partial charge in [0.25, 0.3) is 0 Å². The Morgan fingerprint density at radius 2 is 2.05 bits per heavy atom. The number of hydrogen-bond donors (Lipinski definition) is 3. The first-order valence-electron chi connectivity index (χ1n) is 8.08. The lowest BCUT2D eigenvalue weighted by Gasteiger charge is -2.71. The Kier molecular flexibility index (Phi) is 5.17. The molecule has 0 spiro atoms. The molecule has 0 saturated heterocycles. The van der Waals surface area contributed by atoms with Crippen molar-refractivity contribution in [3.63, 3.8) is 0 Å². The summed E-state index contributed by atoms with van der Waals surface area (Å²) in [4.78, 5) is 0. The van der Waals surface area contributed by atoms with Crippen molar-refractivity contribution in [2.24, 2.45) is 17.1 Å². The maximum Gasteiger partial charge on any atom is 0.472 e. The van der Waals surface area contributed by atoms with Crippen molar-refractivity contribution in [2.45, 2.75) is 76.4 Å². The number of nitrogens with two attached hydrogens (primary N) is 1. The number of fused-ring (bicyclic) bond motifs is 2. The van der Waals surface area contributed by atoms with Gasteiger partial charge in [-0.3, -0.25) is 0 Å². The van der Waals surface area contributed by atoms with Gasteiger partial charge >= 0.3 is 7.12 Å². The van der Waals surface area contributed by atoms with Crippen molar-refractivity contribution in [1.82, 2.24) is 0 Å². The summed E-state index contributed by atoms with van der Waals surface area (Å²) >= 11 is 3.39. The molecule has 3 fully saturated rings.